The van der Waals surface area contributed by atoms with Gasteiger partial charge in [-0.05, 0) is 51.3 Å². The quantitative estimate of drug-likeness (QED) is 0.753. The molecule has 1 aromatic heterocycles. The molecule has 1 aromatic rings. The van der Waals surface area contributed by atoms with Gasteiger partial charge in [-0.3, -0.25) is 4.98 Å². The van der Waals surface area contributed by atoms with Crippen LogP contribution in [-0.4, -0.2) is 31.3 Å². The number of hydrogen-bond acceptors (Lipinski definition) is 3. The predicted molar refractivity (Wildman–Crippen MR) is 73.9 cm³/mol. The number of likely N-dealkylation sites (N-methyl/N-ethyl adjacent to an activating group) is 1. The number of rotatable bonds is 7. The molecule has 3 heteroatoms. The number of aromatic nitrogens is 1. The smallest absolute Gasteiger partial charge is 0.0482 e. The fraction of sp³-hybridized carbons (Fsp3) is 0.667. The van der Waals surface area contributed by atoms with Crippen molar-refractivity contribution < 1.29 is 4.74 Å². The largest absolute Gasteiger partial charge is 0.382 e. The third kappa shape index (κ3) is 3.09. The molecule has 0 bridgehead atoms. The summed E-state index contributed by atoms with van der Waals surface area (Å²) in [6, 6.07) is 4.79. The molecule has 0 amide bonds. The second kappa shape index (κ2) is 6.86. The molecular weight excluding hydrogens is 224 g/mol. The number of aryl methyl sites for hydroxylation is 1. The number of pyridine rings is 1. The van der Waals surface area contributed by atoms with Gasteiger partial charge in [-0.2, -0.15) is 0 Å². The third-order valence-electron chi connectivity index (χ3n) is 3.87. The van der Waals surface area contributed by atoms with Crippen LogP contribution in [0.5, 0.6) is 0 Å². The van der Waals surface area contributed by atoms with Gasteiger partial charge < -0.3 is 10.1 Å². The van der Waals surface area contributed by atoms with Gasteiger partial charge in [-0.25, -0.2) is 0 Å². The molecule has 1 heterocycles. The predicted octanol–water partition coefficient (Wildman–Crippen LogP) is 2.52. The minimum atomic E-state index is 0.529. The fourth-order valence-corrected chi connectivity index (χ4v) is 2.93. The van der Waals surface area contributed by atoms with Gasteiger partial charge in [0, 0.05) is 37.1 Å². The highest BCUT2D eigenvalue weighted by Gasteiger charge is 2.29. The maximum absolute atomic E-state index is 5.42. The molecule has 0 aliphatic heterocycles. The first kappa shape index (κ1) is 13.5. The average Bonchev–Trinajstić information content (AvgIpc) is 2.83. The molecule has 3 nitrogen and oxygen atoms in total. The van der Waals surface area contributed by atoms with Crippen LogP contribution < -0.4 is 5.32 Å². The molecule has 2 rings (SSSR count). The summed E-state index contributed by atoms with van der Waals surface area (Å²) in [6.45, 7) is 3.74. The monoisotopic (exact) mass is 248 g/mol. The van der Waals surface area contributed by atoms with Crippen molar-refractivity contribution in [1.82, 2.24) is 10.3 Å². The first-order chi connectivity index (χ1) is 8.86. The second-order valence-corrected chi connectivity index (χ2v) is 4.93. The number of ether oxygens (including phenoxy) is 1. The topological polar surface area (TPSA) is 34.1 Å². The van der Waals surface area contributed by atoms with E-state index in [0.717, 1.165) is 26.1 Å². The van der Waals surface area contributed by atoms with E-state index in [0.29, 0.717) is 12.0 Å². The molecule has 18 heavy (non-hydrogen) atoms. The van der Waals surface area contributed by atoms with E-state index >= 15 is 0 Å². The van der Waals surface area contributed by atoms with E-state index in [1.54, 1.807) is 0 Å². The van der Waals surface area contributed by atoms with E-state index in [1.807, 2.05) is 19.2 Å². The van der Waals surface area contributed by atoms with Crippen LogP contribution in [0, 0.1) is 0 Å². The van der Waals surface area contributed by atoms with Gasteiger partial charge in [-0.1, -0.05) is 6.07 Å². The van der Waals surface area contributed by atoms with E-state index in [-0.39, 0.29) is 0 Å². The normalized spacial score (nSPS) is 19.8. The summed E-state index contributed by atoms with van der Waals surface area (Å²) >= 11 is 0. The molecule has 100 valence electrons. The lowest BCUT2D eigenvalue weighted by Crippen LogP contribution is -2.31. The Labute approximate surface area is 110 Å². The number of fused-ring (bicyclic) bond motifs is 1. The minimum Gasteiger partial charge on any atom is -0.382 e. The molecular formula is C15H24N2O. The van der Waals surface area contributed by atoms with Crippen molar-refractivity contribution in [2.45, 2.75) is 44.6 Å². The summed E-state index contributed by atoms with van der Waals surface area (Å²) in [5.74, 6) is 0.577. The summed E-state index contributed by atoms with van der Waals surface area (Å²) in [4.78, 5) is 4.58. The Bertz CT molecular complexity index is 367. The summed E-state index contributed by atoms with van der Waals surface area (Å²) in [5, 5.41) is 3.47. The van der Waals surface area contributed by atoms with Gasteiger partial charge in [0.05, 0.1) is 0 Å². The Morgan fingerprint density at radius 2 is 2.44 bits per heavy atom. The Hall–Kier alpha value is -0.930. The van der Waals surface area contributed by atoms with Gasteiger partial charge in [-0.15, -0.1) is 0 Å². The first-order valence-electron chi connectivity index (χ1n) is 7.05. The molecule has 1 N–H and O–H groups in total. The minimum absolute atomic E-state index is 0.529. The van der Waals surface area contributed by atoms with Crippen LogP contribution in [0.4, 0.5) is 0 Å². The van der Waals surface area contributed by atoms with E-state index in [4.69, 9.17) is 4.74 Å². The molecule has 0 radical (unpaired) electrons. The van der Waals surface area contributed by atoms with Crippen molar-refractivity contribution in [1.29, 1.82) is 0 Å². The van der Waals surface area contributed by atoms with Gasteiger partial charge in [0.15, 0.2) is 0 Å². The van der Waals surface area contributed by atoms with Crippen LogP contribution in [0.2, 0.25) is 0 Å². The zero-order chi connectivity index (χ0) is 12.8. The lowest BCUT2D eigenvalue weighted by molar-refractivity contribution is 0.140. The van der Waals surface area contributed by atoms with Crippen molar-refractivity contribution in [3.05, 3.63) is 29.6 Å². The second-order valence-electron chi connectivity index (χ2n) is 4.93. The van der Waals surface area contributed by atoms with Crippen molar-refractivity contribution in [2.24, 2.45) is 0 Å². The molecule has 0 fully saturated rings. The highest BCUT2D eigenvalue weighted by Crippen LogP contribution is 2.34. The van der Waals surface area contributed by atoms with Gasteiger partial charge in [0.25, 0.3) is 0 Å². The maximum atomic E-state index is 5.42. The molecule has 0 aromatic carbocycles. The third-order valence-corrected chi connectivity index (χ3v) is 3.87. The lowest BCUT2D eigenvalue weighted by atomic mass is 9.93. The molecule has 0 saturated heterocycles. The van der Waals surface area contributed by atoms with Crippen molar-refractivity contribution in [3.63, 3.8) is 0 Å². The SMILES string of the molecule is CCOCCCC(NC)C1CCc2cccnc21. The van der Waals surface area contributed by atoms with Gasteiger partial charge >= 0.3 is 0 Å². The van der Waals surface area contributed by atoms with E-state index in [2.05, 4.69) is 23.4 Å². The molecule has 0 spiro atoms. The average molecular weight is 248 g/mol. The van der Waals surface area contributed by atoms with Crippen LogP contribution in [0.25, 0.3) is 0 Å². The van der Waals surface area contributed by atoms with Crippen LogP contribution in [-0.2, 0) is 11.2 Å². The molecule has 1 aliphatic carbocycles. The van der Waals surface area contributed by atoms with Crippen molar-refractivity contribution in [2.75, 3.05) is 20.3 Å². The van der Waals surface area contributed by atoms with E-state index < -0.39 is 0 Å². The van der Waals surface area contributed by atoms with Gasteiger partial charge in [0.1, 0.15) is 0 Å². The lowest BCUT2D eigenvalue weighted by Gasteiger charge is -2.23. The Kier molecular flexibility index (Phi) is 5.14. The zero-order valence-electron chi connectivity index (χ0n) is 11.5. The summed E-state index contributed by atoms with van der Waals surface area (Å²) < 4.78 is 5.42. The summed E-state index contributed by atoms with van der Waals surface area (Å²) in [7, 11) is 2.06. The van der Waals surface area contributed by atoms with Gasteiger partial charge in [0.2, 0.25) is 0 Å². The van der Waals surface area contributed by atoms with E-state index in [9.17, 15) is 0 Å². The molecule has 2 atom stereocenters. The number of nitrogens with one attached hydrogen (secondary N) is 1. The Balaban J connectivity index is 1.93. The van der Waals surface area contributed by atoms with Crippen molar-refractivity contribution in [3.8, 4) is 0 Å². The van der Waals surface area contributed by atoms with Crippen LogP contribution in [0.3, 0.4) is 0 Å². The van der Waals surface area contributed by atoms with Crippen LogP contribution in [0.15, 0.2) is 18.3 Å². The van der Waals surface area contributed by atoms with E-state index in [1.165, 1.54) is 24.1 Å². The van der Waals surface area contributed by atoms with Crippen LogP contribution in [0.1, 0.15) is 43.4 Å². The molecule has 1 aliphatic rings. The standard InChI is InChI=1S/C15H24N2O/c1-3-18-11-5-7-14(16-2)13-9-8-12-6-4-10-17-15(12)13/h4,6,10,13-14,16H,3,5,7-9,11H2,1-2H3. The Morgan fingerprint density at radius 1 is 1.56 bits per heavy atom. The summed E-state index contributed by atoms with van der Waals surface area (Å²) in [5.41, 5.74) is 2.75. The highest BCUT2D eigenvalue weighted by atomic mass is 16.5. The highest BCUT2D eigenvalue weighted by molar-refractivity contribution is 5.29. The molecule has 0 saturated carbocycles. The number of hydrogen-bond donors (Lipinski definition) is 1. The fourth-order valence-electron chi connectivity index (χ4n) is 2.93. The van der Waals surface area contributed by atoms with Crippen molar-refractivity contribution >= 4 is 0 Å². The Morgan fingerprint density at radius 3 is 3.22 bits per heavy atom. The first-order valence-corrected chi connectivity index (χ1v) is 7.05. The zero-order valence-corrected chi connectivity index (χ0v) is 11.5. The maximum Gasteiger partial charge on any atom is 0.0482 e. The molecule has 2 unspecified atom stereocenters. The van der Waals surface area contributed by atoms with Crippen LogP contribution >= 0.6 is 0 Å². The summed E-state index contributed by atoms with van der Waals surface area (Å²) in [6.07, 6.45) is 6.61. The number of nitrogens with zero attached hydrogens (tertiary/aromatic N) is 1.